The van der Waals surface area contributed by atoms with Gasteiger partial charge in [-0.2, -0.15) is 0 Å². The normalized spacial score (nSPS) is 16.7. The van der Waals surface area contributed by atoms with Gasteiger partial charge in [0.15, 0.2) is 15.6 Å². The van der Waals surface area contributed by atoms with E-state index < -0.39 is 43.8 Å². The summed E-state index contributed by atoms with van der Waals surface area (Å²) in [6, 6.07) is 2.45. The lowest BCUT2D eigenvalue weighted by Crippen LogP contribution is -2.26. The molecule has 0 radical (unpaired) electrons. The van der Waals surface area contributed by atoms with Crippen LogP contribution in [0.15, 0.2) is 18.2 Å². The van der Waals surface area contributed by atoms with Crippen LogP contribution in [0.2, 0.25) is 0 Å². The molecule has 6 heteroatoms. The molecule has 0 bridgehead atoms. The van der Waals surface area contributed by atoms with E-state index in [1.54, 1.807) is 0 Å². The van der Waals surface area contributed by atoms with Crippen LogP contribution >= 0.6 is 0 Å². The molecule has 0 heterocycles. The van der Waals surface area contributed by atoms with Gasteiger partial charge in [0.05, 0.1) is 10.8 Å². The molecular formula is C13H14F2O3S. The third-order valence-corrected chi connectivity index (χ3v) is 5.52. The Morgan fingerprint density at radius 2 is 1.84 bits per heavy atom. The van der Waals surface area contributed by atoms with Gasteiger partial charge >= 0.3 is 0 Å². The smallest absolute Gasteiger partial charge is 0.180 e. The van der Waals surface area contributed by atoms with Gasteiger partial charge in [0, 0.05) is 0 Å². The van der Waals surface area contributed by atoms with Crippen LogP contribution in [0.1, 0.15) is 36.0 Å². The highest BCUT2D eigenvalue weighted by atomic mass is 32.2. The second kappa shape index (κ2) is 5.36. The quantitative estimate of drug-likeness (QED) is 0.800. The molecule has 1 fully saturated rings. The molecule has 0 atom stereocenters. The van der Waals surface area contributed by atoms with Crippen molar-refractivity contribution in [2.45, 2.75) is 30.9 Å². The second-order valence-corrected chi connectivity index (χ2v) is 7.04. The highest BCUT2D eigenvalue weighted by molar-refractivity contribution is 7.92. The zero-order chi connectivity index (χ0) is 14.0. The number of sulfone groups is 1. The molecule has 0 N–H and O–H groups in total. The molecule has 0 unspecified atom stereocenters. The first-order chi connectivity index (χ1) is 8.90. The first kappa shape index (κ1) is 14.1. The van der Waals surface area contributed by atoms with E-state index in [1.807, 2.05) is 0 Å². The lowest BCUT2D eigenvalue weighted by Gasteiger charge is -2.10. The molecule has 1 aliphatic carbocycles. The topological polar surface area (TPSA) is 51.2 Å². The molecule has 0 saturated heterocycles. The van der Waals surface area contributed by atoms with Gasteiger partial charge in [-0.1, -0.05) is 12.8 Å². The summed E-state index contributed by atoms with van der Waals surface area (Å²) in [5, 5.41) is -0.520. The second-order valence-electron chi connectivity index (χ2n) is 4.76. The van der Waals surface area contributed by atoms with Crippen LogP contribution in [0.3, 0.4) is 0 Å². The molecule has 3 nitrogen and oxygen atoms in total. The molecule has 0 spiro atoms. The number of halogens is 2. The van der Waals surface area contributed by atoms with E-state index in [0.29, 0.717) is 12.8 Å². The average Bonchev–Trinajstić information content (AvgIpc) is 2.86. The standard InChI is InChI=1S/C13H14F2O3S/c14-9-5-6-12(15)11(7-9)13(16)8-19(17,18)10-3-1-2-4-10/h5-7,10H,1-4,8H2. The van der Waals surface area contributed by atoms with Crippen LogP contribution in [0, 0.1) is 11.6 Å². The molecular weight excluding hydrogens is 274 g/mol. The Kier molecular flexibility index (Phi) is 3.99. The zero-order valence-corrected chi connectivity index (χ0v) is 11.1. The van der Waals surface area contributed by atoms with Crippen molar-refractivity contribution in [3.63, 3.8) is 0 Å². The average molecular weight is 288 g/mol. The number of carbonyl (C=O) groups is 1. The number of hydrogen-bond donors (Lipinski definition) is 0. The van der Waals surface area contributed by atoms with Crippen LogP contribution in [0.4, 0.5) is 8.78 Å². The van der Waals surface area contributed by atoms with E-state index in [4.69, 9.17) is 0 Å². The summed E-state index contributed by atoms with van der Waals surface area (Å²) in [5.74, 6) is -3.29. The first-order valence-electron chi connectivity index (χ1n) is 6.10. The lowest BCUT2D eigenvalue weighted by atomic mass is 10.1. The number of carbonyl (C=O) groups excluding carboxylic acids is 1. The minimum atomic E-state index is -3.58. The SMILES string of the molecule is O=C(CS(=O)(=O)C1CCCC1)c1cc(F)ccc1F. The predicted octanol–water partition coefficient (Wildman–Crippen LogP) is 2.50. The Bertz CT molecular complexity index is 590. The highest BCUT2D eigenvalue weighted by Crippen LogP contribution is 2.26. The predicted molar refractivity (Wildman–Crippen MR) is 66.7 cm³/mol. The van der Waals surface area contributed by atoms with Crippen molar-refractivity contribution in [1.82, 2.24) is 0 Å². The Hall–Kier alpha value is -1.30. The van der Waals surface area contributed by atoms with Crippen molar-refractivity contribution < 1.29 is 22.0 Å². The third-order valence-electron chi connectivity index (χ3n) is 3.37. The zero-order valence-electron chi connectivity index (χ0n) is 10.2. The van der Waals surface area contributed by atoms with Crippen molar-refractivity contribution in [1.29, 1.82) is 0 Å². The Balaban J connectivity index is 2.19. The van der Waals surface area contributed by atoms with E-state index in [-0.39, 0.29) is 0 Å². The van der Waals surface area contributed by atoms with Crippen molar-refractivity contribution in [2.75, 3.05) is 5.75 Å². The molecule has 0 aromatic heterocycles. The Morgan fingerprint density at radius 1 is 1.21 bits per heavy atom. The van der Waals surface area contributed by atoms with Gasteiger partial charge in [0.2, 0.25) is 0 Å². The van der Waals surface area contributed by atoms with Gasteiger partial charge in [-0.15, -0.1) is 0 Å². The third kappa shape index (κ3) is 3.18. The summed E-state index contributed by atoms with van der Waals surface area (Å²) in [6.07, 6.45) is 2.74. The largest absolute Gasteiger partial charge is 0.293 e. The first-order valence-corrected chi connectivity index (χ1v) is 7.81. The molecule has 0 amide bonds. The monoisotopic (exact) mass is 288 g/mol. The van der Waals surface area contributed by atoms with Crippen molar-refractivity contribution in [2.24, 2.45) is 0 Å². The van der Waals surface area contributed by atoms with Crippen molar-refractivity contribution in [3.05, 3.63) is 35.4 Å². The molecule has 1 aromatic carbocycles. The number of hydrogen-bond acceptors (Lipinski definition) is 3. The molecule has 1 aliphatic rings. The van der Waals surface area contributed by atoms with E-state index in [1.165, 1.54) is 0 Å². The van der Waals surface area contributed by atoms with Gasteiger partial charge in [-0.05, 0) is 31.0 Å². The van der Waals surface area contributed by atoms with Gasteiger partial charge in [-0.3, -0.25) is 4.79 Å². The Morgan fingerprint density at radius 3 is 2.47 bits per heavy atom. The maximum atomic E-state index is 13.4. The minimum absolute atomic E-state index is 0.499. The lowest BCUT2D eigenvalue weighted by molar-refractivity contribution is 0.101. The van der Waals surface area contributed by atoms with Crippen LogP contribution in [0.25, 0.3) is 0 Å². The fourth-order valence-electron chi connectivity index (χ4n) is 2.34. The maximum absolute atomic E-state index is 13.4. The summed E-state index contributed by atoms with van der Waals surface area (Å²) < 4.78 is 50.3. The van der Waals surface area contributed by atoms with Gasteiger partial charge in [0.1, 0.15) is 17.4 Å². The maximum Gasteiger partial charge on any atom is 0.180 e. The van der Waals surface area contributed by atoms with Crippen LogP contribution in [-0.4, -0.2) is 25.2 Å². The van der Waals surface area contributed by atoms with E-state index in [0.717, 1.165) is 31.0 Å². The summed E-state index contributed by atoms with van der Waals surface area (Å²) in [5.41, 5.74) is -0.499. The number of benzene rings is 1. The van der Waals surface area contributed by atoms with Crippen LogP contribution in [-0.2, 0) is 9.84 Å². The molecule has 2 rings (SSSR count). The summed E-state index contributed by atoms with van der Waals surface area (Å²) in [4.78, 5) is 11.8. The molecule has 1 saturated carbocycles. The van der Waals surface area contributed by atoms with E-state index >= 15 is 0 Å². The van der Waals surface area contributed by atoms with Crippen LogP contribution < -0.4 is 0 Å². The van der Waals surface area contributed by atoms with Crippen molar-refractivity contribution >= 4 is 15.6 Å². The fraction of sp³-hybridized carbons (Fsp3) is 0.462. The molecule has 0 aliphatic heterocycles. The molecule has 1 aromatic rings. The van der Waals surface area contributed by atoms with Crippen molar-refractivity contribution in [3.8, 4) is 0 Å². The molecule has 19 heavy (non-hydrogen) atoms. The van der Waals surface area contributed by atoms with E-state index in [2.05, 4.69) is 0 Å². The fourth-order valence-corrected chi connectivity index (χ4v) is 4.15. The molecule has 104 valence electrons. The van der Waals surface area contributed by atoms with Gasteiger partial charge in [0.25, 0.3) is 0 Å². The highest BCUT2D eigenvalue weighted by Gasteiger charge is 2.31. The van der Waals surface area contributed by atoms with Gasteiger partial charge in [-0.25, -0.2) is 17.2 Å². The Labute approximate surface area is 110 Å². The summed E-state index contributed by atoms with van der Waals surface area (Å²) >= 11 is 0. The number of ketones is 1. The van der Waals surface area contributed by atoms with Gasteiger partial charge < -0.3 is 0 Å². The van der Waals surface area contributed by atoms with E-state index in [9.17, 15) is 22.0 Å². The summed E-state index contributed by atoms with van der Waals surface area (Å²) in [7, 11) is -3.58. The summed E-state index contributed by atoms with van der Waals surface area (Å²) in [6.45, 7) is 0. The number of Topliss-reactive ketones (excluding diaryl/α,β-unsaturated/α-hetero) is 1. The van der Waals surface area contributed by atoms with Crippen LogP contribution in [0.5, 0.6) is 0 Å². The number of rotatable bonds is 4. The minimum Gasteiger partial charge on any atom is -0.293 e.